The molecule has 0 aliphatic carbocycles. The van der Waals surface area contributed by atoms with Gasteiger partial charge in [-0.15, -0.1) is 0 Å². The number of carbonyl (C=O) groups excluding carboxylic acids is 1. The number of hydrogen-bond donors (Lipinski definition) is 0. The molecule has 3 rings (SSSR count). The van der Waals surface area contributed by atoms with Crippen LogP contribution in [-0.2, 0) is 16.6 Å². The van der Waals surface area contributed by atoms with Crippen LogP contribution in [0.4, 0.5) is 0 Å². The molecule has 7 nitrogen and oxygen atoms in total. The van der Waals surface area contributed by atoms with Crippen molar-refractivity contribution >= 4 is 15.8 Å². The Morgan fingerprint density at radius 2 is 1.65 bits per heavy atom. The predicted molar refractivity (Wildman–Crippen MR) is 95.0 cm³/mol. The molecule has 26 heavy (non-hydrogen) atoms. The average molecular weight is 372 g/mol. The van der Waals surface area contributed by atoms with Gasteiger partial charge in [-0.2, -0.15) is 3.97 Å². The van der Waals surface area contributed by atoms with Crippen LogP contribution in [0, 0.1) is 0 Å². The van der Waals surface area contributed by atoms with E-state index in [-0.39, 0.29) is 17.2 Å². The molecular formula is C18H16N2O5S. The second-order valence-corrected chi connectivity index (χ2v) is 7.29. The number of Topliss-reactive ketones (excluding diaryl/α,β-unsaturated/α-hetero) is 1. The highest BCUT2D eigenvalue weighted by atomic mass is 32.2. The van der Waals surface area contributed by atoms with Gasteiger partial charge in [0.25, 0.3) is 10.0 Å². The van der Waals surface area contributed by atoms with Crippen molar-refractivity contribution in [2.75, 3.05) is 7.11 Å². The Bertz CT molecular complexity index is 1080. The van der Waals surface area contributed by atoms with Gasteiger partial charge in [0, 0.05) is 18.0 Å². The summed E-state index contributed by atoms with van der Waals surface area (Å²) in [5.41, 5.74) is -0.352. The quantitative estimate of drug-likeness (QED) is 0.616. The molecule has 1 aromatic heterocycles. The fourth-order valence-corrected chi connectivity index (χ4v) is 3.66. The topological polar surface area (TPSA) is 87.4 Å². The summed E-state index contributed by atoms with van der Waals surface area (Å²) in [5, 5.41) is 0. The van der Waals surface area contributed by atoms with Gasteiger partial charge >= 0.3 is 5.69 Å². The fraction of sp³-hybridized carbons (Fsp3) is 0.111. The van der Waals surface area contributed by atoms with Gasteiger partial charge in [0.05, 0.1) is 18.6 Å². The van der Waals surface area contributed by atoms with Gasteiger partial charge in [0.15, 0.2) is 5.78 Å². The smallest absolute Gasteiger partial charge is 0.342 e. The van der Waals surface area contributed by atoms with Crippen molar-refractivity contribution in [3.8, 4) is 5.75 Å². The zero-order chi connectivity index (χ0) is 18.7. The number of carbonyl (C=O) groups is 1. The molecule has 0 radical (unpaired) electrons. The molecule has 0 aliphatic rings. The summed E-state index contributed by atoms with van der Waals surface area (Å²) in [6.07, 6.45) is 2.42. The summed E-state index contributed by atoms with van der Waals surface area (Å²) in [6, 6.07) is 14.2. The van der Waals surface area contributed by atoms with E-state index in [0.717, 1.165) is 10.8 Å². The van der Waals surface area contributed by atoms with Crippen LogP contribution in [0.3, 0.4) is 0 Å². The maximum absolute atomic E-state index is 12.6. The maximum atomic E-state index is 12.6. The first-order valence-corrected chi connectivity index (χ1v) is 9.13. The zero-order valence-corrected chi connectivity index (χ0v) is 14.7. The number of rotatable bonds is 6. The van der Waals surface area contributed by atoms with E-state index < -0.39 is 15.7 Å². The molecule has 2 aromatic carbocycles. The number of aromatic nitrogens is 2. The van der Waals surface area contributed by atoms with E-state index in [9.17, 15) is 18.0 Å². The summed E-state index contributed by atoms with van der Waals surface area (Å²) < 4.78 is 32.0. The second kappa shape index (κ2) is 7.01. The minimum atomic E-state index is -4.06. The van der Waals surface area contributed by atoms with Gasteiger partial charge in [-0.25, -0.2) is 13.2 Å². The van der Waals surface area contributed by atoms with Crippen molar-refractivity contribution in [3.63, 3.8) is 0 Å². The van der Waals surface area contributed by atoms with Gasteiger partial charge in [-0.3, -0.25) is 9.36 Å². The molecule has 0 aliphatic heterocycles. The molecule has 8 heteroatoms. The van der Waals surface area contributed by atoms with E-state index in [1.54, 1.807) is 30.3 Å². The number of hydrogen-bond acceptors (Lipinski definition) is 5. The predicted octanol–water partition coefficient (Wildman–Crippen LogP) is 1.78. The summed E-state index contributed by atoms with van der Waals surface area (Å²) in [5.74, 6) is 0.217. The third-order valence-corrected chi connectivity index (χ3v) is 5.51. The minimum absolute atomic E-state index is 0.0486. The van der Waals surface area contributed by atoms with Crippen LogP contribution in [0.5, 0.6) is 5.75 Å². The van der Waals surface area contributed by atoms with Gasteiger partial charge < -0.3 is 4.74 Å². The first kappa shape index (κ1) is 17.7. The van der Waals surface area contributed by atoms with E-state index in [2.05, 4.69) is 0 Å². The summed E-state index contributed by atoms with van der Waals surface area (Å²) in [4.78, 5) is 24.6. The Balaban J connectivity index is 1.90. The lowest BCUT2D eigenvalue weighted by atomic mass is 10.1. The van der Waals surface area contributed by atoms with Gasteiger partial charge in [0.1, 0.15) is 5.75 Å². The van der Waals surface area contributed by atoms with Crippen LogP contribution in [0.1, 0.15) is 10.4 Å². The monoisotopic (exact) mass is 372 g/mol. The van der Waals surface area contributed by atoms with Crippen LogP contribution in [-0.4, -0.2) is 29.9 Å². The van der Waals surface area contributed by atoms with Crippen LogP contribution in [0.25, 0.3) is 0 Å². The van der Waals surface area contributed by atoms with E-state index in [4.69, 9.17) is 4.74 Å². The number of benzene rings is 2. The van der Waals surface area contributed by atoms with E-state index >= 15 is 0 Å². The highest BCUT2D eigenvalue weighted by Crippen LogP contribution is 2.17. The Labute approximate surface area is 150 Å². The summed E-state index contributed by atoms with van der Waals surface area (Å²) >= 11 is 0. The van der Waals surface area contributed by atoms with Crippen LogP contribution in [0.15, 0.2) is 76.7 Å². The normalized spacial score (nSPS) is 11.3. The Morgan fingerprint density at radius 1 is 1.00 bits per heavy atom. The van der Waals surface area contributed by atoms with Crippen LogP contribution < -0.4 is 10.4 Å². The lowest BCUT2D eigenvalue weighted by Gasteiger charge is -2.06. The molecular weight excluding hydrogens is 356 g/mol. The first-order valence-electron chi connectivity index (χ1n) is 7.69. The third-order valence-electron chi connectivity index (χ3n) is 3.84. The Morgan fingerprint density at radius 3 is 2.27 bits per heavy atom. The number of nitrogens with zero attached hydrogens (tertiary/aromatic N) is 2. The van der Waals surface area contributed by atoms with Gasteiger partial charge in [0.2, 0.25) is 0 Å². The molecule has 3 aromatic rings. The highest BCUT2D eigenvalue weighted by Gasteiger charge is 2.21. The first-order chi connectivity index (χ1) is 12.4. The largest absolute Gasteiger partial charge is 0.497 e. The SMILES string of the molecule is COc1ccc(S(=O)(=O)n2ccn(CC(=O)c3ccccc3)c2=O)cc1. The molecule has 0 fully saturated rings. The minimum Gasteiger partial charge on any atom is -0.497 e. The summed E-state index contributed by atoms with van der Waals surface area (Å²) in [6.45, 7) is -0.242. The number of methoxy groups -OCH3 is 1. The van der Waals surface area contributed by atoms with E-state index in [0.29, 0.717) is 15.3 Å². The number of ether oxygens (including phenoxy) is 1. The van der Waals surface area contributed by atoms with Gasteiger partial charge in [-0.1, -0.05) is 30.3 Å². The maximum Gasteiger partial charge on any atom is 0.342 e. The molecule has 0 spiro atoms. The van der Waals surface area contributed by atoms with E-state index in [1.165, 1.54) is 37.6 Å². The second-order valence-electron chi connectivity index (χ2n) is 5.47. The third kappa shape index (κ3) is 3.31. The standard InChI is InChI=1S/C18H16N2O5S/c1-25-15-7-9-16(10-8-15)26(23,24)20-12-11-19(18(20)22)13-17(21)14-5-3-2-4-6-14/h2-12H,13H2,1H3. The van der Waals surface area contributed by atoms with Crippen molar-refractivity contribution in [2.45, 2.75) is 11.4 Å². The average Bonchev–Trinajstić information content (AvgIpc) is 3.03. The molecule has 1 heterocycles. The number of ketones is 1. The lowest BCUT2D eigenvalue weighted by Crippen LogP contribution is -2.30. The molecule has 0 N–H and O–H groups in total. The zero-order valence-electron chi connectivity index (χ0n) is 13.9. The molecule has 0 bridgehead atoms. The van der Waals surface area contributed by atoms with Crippen molar-refractivity contribution < 1.29 is 17.9 Å². The molecule has 134 valence electrons. The van der Waals surface area contributed by atoms with Crippen molar-refractivity contribution in [2.24, 2.45) is 0 Å². The van der Waals surface area contributed by atoms with Crippen LogP contribution in [0.2, 0.25) is 0 Å². The van der Waals surface area contributed by atoms with Crippen molar-refractivity contribution in [1.82, 2.24) is 8.54 Å². The van der Waals surface area contributed by atoms with Crippen molar-refractivity contribution in [1.29, 1.82) is 0 Å². The summed E-state index contributed by atoms with van der Waals surface area (Å²) in [7, 11) is -2.59. The number of imidazole rings is 1. The molecule has 0 saturated carbocycles. The Hall–Kier alpha value is -3.13. The highest BCUT2D eigenvalue weighted by molar-refractivity contribution is 7.90. The fourth-order valence-electron chi connectivity index (χ4n) is 2.43. The molecule has 0 amide bonds. The molecule has 0 atom stereocenters. The van der Waals surface area contributed by atoms with E-state index in [1.807, 2.05) is 0 Å². The van der Waals surface area contributed by atoms with Crippen molar-refractivity contribution in [3.05, 3.63) is 83.0 Å². The van der Waals surface area contributed by atoms with Gasteiger partial charge in [-0.05, 0) is 24.3 Å². The van der Waals surface area contributed by atoms with Crippen LogP contribution >= 0.6 is 0 Å². The lowest BCUT2D eigenvalue weighted by molar-refractivity contribution is 0.0971. The molecule has 0 saturated heterocycles. The Kier molecular flexibility index (Phi) is 4.77. The molecule has 0 unspecified atom stereocenters.